The van der Waals surface area contributed by atoms with Gasteiger partial charge in [-0.1, -0.05) is 0 Å². The molecule has 0 bridgehead atoms. The molecule has 1 aromatic heterocycles. The summed E-state index contributed by atoms with van der Waals surface area (Å²) in [6, 6.07) is 0. The van der Waals surface area contributed by atoms with Gasteiger partial charge in [-0.25, -0.2) is 0 Å². The lowest BCUT2D eigenvalue weighted by Gasteiger charge is -2.24. The second-order valence-corrected chi connectivity index (χ2v) is 4.30. The van der Waals surface area contributed by atoms with Gasteiger partial charge >= 0.3 is 0 Å². The first-order valence-corrected chi connectivity index (χ1v) is 4.67. The van der Waals surface area contributed by atoms with Crippen molar-refractivity contribution in [3.05, 3.63) is 16.9 Å². The molecule has 0 radical (unpaired) electrons. The zero-order valence-corrected chi connectivity index (χ0v) is 8.87. The molecule has 0 saturated heterocycles. The smallest absolute Gasteiger partial charge is 0.0632 e. The first-order valence-electron chi connectivity index (χ1n) is 3.88. The average Bonchev–Trinajstić information content (AvgIpc) is 2.36. The number of nitrogens with zero attached hydrogens (tertiary/aromatic N) is 2. The number of halogens is 1. The van der Waals surface area contributed by atoms with Crippen molar-refractivity contribution in [3.63, 3.8) is 0 Å². The third-order valence-electron chi connectivity index (χ3n) is 1.89. The highest BCUT2D eigenvalue weighted by Gasteiger charge is 2.19. The van der Waals surface area contributed by atoms with Crippen molar-refractivity contribution in [2.24, 2.45) is 0 Å². The normalized spacial score (nSPS) is 12.0. The van der Waals surface area contributed by atoms with E-state index in [4.69, 9.17) is 5.11 Å². The van der Waals surface area contributed by atoms with Crippen LogP contribution >= 0.6 is 15.9 Å². The van der Waals surface area contributed by atoms with Crippen LogP contribution in [0.4, 0.5) is 0 Å². The minimum atomic E-state index is -0.110. The molecule has 0 aromatic carbocycles. The van der Waals surface area contributed by atoms with E-state index in [0.29, 0.717) is 6.42 Å². The number of hydrogen-bond donors (Lipinski definition) is 1. The van der Waals surface area contributed by atoms with Gasteiger partial charge in [0.1, 0.15) is 0 Å². The van der Waals surface area contributed by atoms with E-state index in [1.54, 1.807) is 6.20 Å². The van der Waals surface area contributed by atoms with Crippen LogP contribution in [-0.4, -0.2) is 21.5 Å². The molecule has 68 valence electrons. The Labute approximate surface area is 80.5 Å². The van der Waals surface area contributed by atoms with Gasteiger partial charge in [0, 0.05) is 12.8 Å². The molecule has 4 heteroatoms. The van der Waals surface area contributed by atoms with Crippen LogP contribution in [0.1, 0.15) is 20.3 Å². The van der Waals surface area contributed by atoms with Crippen LogP contribution in [0.5, 0.6) is 0 Å². The fourth-order valence-corrected chi connectivity index (χ4v) is 1.31. The molecule has 0 saturated carbocycles. The standard InChI is InChI=1S/C8H13BrN2O/c1-8(2,3-4-12)11-6-7(9)5-10-11/h5-6,12H,3-4H2,1-2H3. The monoisotopic (exact) mass is 232 g/mol. The predicted octanol–water partition coefficient (Wildman–Crippen LogP) is 1.76. The Morgan fingerprint density at radius 2 is 2.33 bits per heavy atom. The van der Waals surface area contributed by atoms with Gasteiger partial charge < -0.3 is 5.11 Å². The molecule has 1 rings (SSSR count). The molecule has 0 amide bonds. The van der Waals surface area contributed by atoms with E-state index in [1.165, 1.54) is 0 Å². The van der Waals surface area contributed by atoms with E-state index in [1.807, 2.05) is 24.7 Å². The second kappa shape index (κ2) is 3.58. The van der Waals surface area contributed by atoms with Gasteiger partial charge in [0.15, 0.2) is 0 Å². The Kier molecular flexibility index (Phi) is 2.90. The van der Waals surface area contributed by atoms with Crippen molar-refractivity contribution in [3.8, 4) is 0 Å². The van der Waals surface area contributed by atoms with Gasteiger partial charge in [-0.05, 0) is 36.2 Å². The first-order chi connectivity index (χ1) is 5.56. The van der Waals surface area contributed by atoms with E-state index in [2.05, 4.69) is 21.0 Å². The molecule has 1 heterocycles. The molecule has 0 aliphatic carbocycles. The summed E-state index contributed by atoms with van der Waals surface area (Å²) in [4.78, 5) is 0. The topological polar surface area (TPSA) is 38.0 Å². The predicted molar refractivity (Wildman–Crippen MR) is 51.0 cm³/mol. The molecule has 0 aliphatic rings. The maximum absolute atomic E-state index is 8.82. The molecular weight excluding hydrogens is 220 g/mol. The van der Waals surface area contributed by atoms with Crippen molar-refractivity contribution in [2.75, 3.05) is 6.61 Å². The van der Waals surface area contributed by atoms with Crippen LogP contribution < -0.4 is 0 Å². The summed E-state index contributed by atoms with van der Waals surface area (Å²) in [6.45, 7) is 4.27. The summed E-state index contributed by atoms with van der Waals surface area (Å²) in [7, 11) is 0. The van der Waals surface area contributed by atoms with Crippen LogP contribution in [0.3, 0.4) is 0 Å². The maximum atomic E-state index is 8.82. The number of rotatable bonds is 3. The Hall–Kier alpha value is -0.350. The number of aromatic nitrogens is 2. The maximum Gasteiger partial charge on any atom is 0.0632 e. The lowest BCUT2D eigenvalue weighted by molar-refractivity contribution is 0.201. The summed E-state index contributed by atoms with van der Waals surface area (Å²) in [5, 5.41) is 13.0. The molecule has 0 unspecified atom stereocenters. The zero-order chi connectivity index (χ0) is 9.19. The highest BCUT2D eigenvalue weighted by molar-refractivity contribution is 9.10. The Balaban J connectivity index is 2.81. The van der Waals surface area contributed by atoms with E-state index in [0.717, 1.165) is 4.47 Å². The third kappa shape index (κ3) is 2.08. The van der Waals surface area contributed by atoms with E-state index < -0.39 is 0 Å². The number of hydrogen-bond acceptors (Lipinski definition) is 2. The van der Waals surface area contributed by atoms with Gasteiger partial charge in [-0.2, -0.15) is 5.10 Å². The van der Waals surface area contributed by atoms with Gasteiger partial charge in [0.05, 0.1) is 16.2 Å². The van der Waals surface area contributed by atoms with Crippen LogP contribution in [0.2, 0.25) is 0 Å². The Bertz CT molecular complexity index is 257. The van der Waals surface area contributed by atoms with Crippen LogP contribution in [0.25, 0.3) is 0 Å². The molecule has 1 N–H and O–H groups in total. The molecule has 0 spiro atoms. The van der Waals surface area contributed by atoms with Crippen molar-refractivity contribution < 1.29 is 5.11 Å². The highest BCUT2D eigenvalue weighted by Crippen LogP contribution is 2.20. The van der Waals surface area contributed by atoms with Crippen molar-refractivity contribution in [2.45, 2.75) is 25.8 Å². The lowest BCUT2D eigenvalue weighted by atomic mass is 10.0. The molecule has 0 fully saturated rings. The van der Waals surface area contributed by atoms with Crippen LogP contribution in [0, 0.1) is 0 Å². The van der Waals surface area contributed by atoms with Gasteiger partial charge in [0.25, 0.3) is 0 Å². The fourth-order valence-electron chi connectivity index (χ4n) is 1.02. The van der Waals surface area contributed by atoms with Gasteiger partial charge in [-0.15, -0.1) is 0 Å². The summed E-state index contributed by atoms with van der Waals surface area (Å²) in [6.07, 6.45) is 4.37. The highest BCUT2D eigenvalue weighted by atomic mass is 79.9. The Morgan fingerprint density at radius 3 is 2.75 bits per heavy atom. The van der Waals surface area contributed by atoms with Crippen LogP contribution in [0.15, 0.2) is 16.9 Å². The third-order valence-corrected chi connectivity index (χ3v) is 2.30. The molecular formula is C8H13BrN2O. The Morgan fingerprint density at radius 1 is 1.67 bits per heavy atom. The fraction of sp³-hybridized carbons (Fsp3) is 0.625. The number of aliphatic hydroxyl groups excluding tert-OH is 1. The molecule has 3 nitrogen and oxygen atoms in total. The van der Waals surface area contributed by atoms with E-state index in [9.17, 15) is 0 Å². The molecule has 12 heavy (non-hydrogen) atoms. The minimum absolute atomic E-state index is 0.110. The molecule has 0 aliphatic heterocycles. The van der Waals surface area contributed by atoms with E-state index in [-0.39, 0.29) is 12.1 Å². The summed E-state index contributed by atoms with van der Waals surface area (Å²) in [5.41, 5.74) is -0.110. The SMILES string of the molecule is CC(C)(CCO)n1cc(Br)cn1. The minimum Gasteiger partial charge on any atom is -0.396 e. The van der Waals surface area contributed by atoms with Crippen molar-refractivity contribution in [1.29, 1.82) is 0 Å². The van der Waals surface area contributed by atoms with Gasteiger partial charge in [-0.3, -0.25) is 4.68 Å². The summed E-state index contributed by atoms with van der Waals surface area (Å²) >= 11 is 3.33. The molecule has 0 atom stereocenters. The van der Waals surface area contributed by atoms with Gasteiger partial charge in [0.2, 0.25) is 0 Å². The summed E-state index contributed by atoms with van der Waals surface area (Å²) in [5.74, 6) is 0. The number of aliphatic hydroxyl groups is 1. The first kappa shape index (κ1) is 9.74. The molecule has 1 aromatic rings. The van der Waals surface area contributed by atoms with Crippen molar-refractivity contribution >= 4 is 15.9 Å². The quantitative estimate of drug-likeness (QED) is 0.863. The zero-order valence-electron chi connectivity index (χ0n) is 7.29. The summed E-state index contributed by atoms with van der Waals surface area (Å²) < 4.78 is 2.82. The second-order valence-electron chi connectivity index (χ2n) is 3.39. The van der Waals surface area contributed by atoms with Crippen molar-refractivity contribution in [1.82, 2.24) is 9.78 Å². The largest absolute Gasteiger partial charge is 0.396 e. The van der Waals surface area contributed by atoms with E-state index >= 15 is 0 Å². The lowest BCUT2D eigenvalue weighted by Crippen LogP contribution is -2.27. The average molecular weight is 233 g/mol. The van der Waals surface area contributed by atoms with Crippen LogP contribution in [-0.2, 0) is 5.54 Å².